The van der Waals surface area contributed by atoms with Crippen molar-refractivity contribution in [1.82, 2.24) is 0 Å². The molecule has 0 aromatic heterocycles. The molecule has 0 radical (unpaired) electrons. The zero-order chi connectivity index (χ0) is 10.5. The lowest BCUT2D eigenvalue weighted by molar-refractivity contribution is -0.148. The van der Waals surface area contributed by atoms with Crippen LogP contribution in [-0.2, 0) is 9.53 Å². The number of carbonyl (C=O) groups is 1. The first-order valence-electron chi connectivity index (χ1n) is 3.67. The van der Waals surface area contributed by atoms with Crippen molar-refractivity contribution >= 4 is 5.97 Å². The third kappa shape index (κ3) is 7.58. The molecule has 1 atom stereocenters. The van der Waals surface area contributed by atoms with E-state index in [1.165, 1.54) is 0 Å². The summed E-state index contributed by atoms with van der Waals surface area (Å²) in [5.74, 6) is -0.713. The fourth-order valence-electron chi connectivity index (χ4n) is 0.708. The van der Waals surface area contributed by atoms with Gasteiger partial charge in [-0.15, -0.1) is 0 Å². The number of rotatable bonds is 4. The fourth-order valence-corrected chi connectivity index (χ4v) is 0.708. The third-order valence-corrected chi connectivity index (χ3v) is 1.39. The molecule has 0 aliphatic heterocycles. The van der Waals surface area contributed by atoms with Crippen molar-refractivity contribution in [2.45, 2.75) is 31.5 Å². The maximum atomic E-state index is 11.6. The molecular formula is C7H11F3O3. The summed E-state index contributed by atoms with van der Waals surface area (Å²) >= 11 is 0. The number of methoxy groups -OCH3 is 1. The molecular weight excluding hydrogens is 189 g/mol. The highest BCUT2D eigenvalue weighted by molar-refractivity contribution is 5.69. The average molecular weight is 200 g/mol. The van der Waals surface area contributed by atoms with Gasteiger partial charge in [0.05, 0.1) is 19.6 Å². The number of carbonyl (C=O) groups excluding carboxylic acids is 1. The molecule has 0 amide bonds. The summed E-state index contributed by atoms with van der Waals surface area (Å²) in [5.41, 5.74) is 0. The minimum absolute atomic E-state index is 0.396. The van der Waals surface area contributed by atoms with Crippen LogP contribution >= 0.6 is 0 Å². The normalized spacial score (nSPS) is 13.9. The summed E-state index contributed by atoms with van der Waals surface area (Å²) in [5, 5.41) is 8.91. The van der Waals surface area contributed by atoms with Crippen molar-refractivity contribution in [2.75, 3.05) is 7.11 Å². The minimum Gasteiger partial charge on any atom is -0.469 e. The minimum atomic E-state index is -4.29. The maximum absolute atomic E-state index is 11.6. The van der Waals surface area contributed by atoms with Gasteiger partial charge in [0.25, 0.3) is 0 Å². The van der Waals surface area contributed by atoms with E-state index in [1.54, 1.807) is 0 Å². The molecule has 0 fully saturated rings. The summed E-state index contributed by atoms with van der Waals surface area (Å²) in [6.45, 7) is 0. The first kappa shape index (κ1) is 12.2. The first-order chi connectivity index (χ1) is 5.85. The van der Waals surface area contributed by atoms with Crippen LogP contribution in [0.4, 0.5) is 13.2 Å². The standard InChI is InChI=1S/C7H11F3O3/c1-13-6(12)4-5(11)2-3-7(8,9)10/h5,11H,2-4H2,1H3. The van der Waals surface area contributed by atoms with Crippen LogP contribution in [0.5, 0.6) is 0 Å². The summed E-state index contributed by atoms with van der Waals surface area (Å²) in [4.78, 5) is 10.5. The van der Waals surface area contributed by atoms with E-state index in [9.17, 15) is 18.0 Å². The first-order valence-corrected chi connectivity index (χ1v) is 3.67. The topological polar surface area (TPSA) is 46.5 Å². The molecule has 13 heavy (non-hydrogen) atoms. The van der Waals surface area contributed by atoms with E-state index in [1.807, 2.05) is 0 Å². The molecule has 0 aromatic rings. The number of aliphatic hydroxyl groups is 1. The Bertz CT molecular complexity index is 167. The van der Waals surface area contributed by atoms with Crippen molar-refractivity contribution in [1.29, 1.82) is 0 Å². The van der Waals surface area contributed by atoms with E-state index < -0.39 is 37.5 Å². The molecule has 0 heterocycles. The predicted octanol–water partition coefficient (Wildman–Crippen LogP) is 1.25. The van der Waals surface area contributed by atoms with Crippen molar-refractivity contribution in [3.05, 3.63) is 0 Å². The zero-order valence-electron chi connectivity index (χ0n) is 7.10. The molecule has 0 aliphatic rings. The van der Waals surface area contributed by atoms with Gasteiger partial charge in [0.2, 0.25) is 0 Å². The van der Waals surface area contributed by atoms with Gasteiger partial charge in [-0.3, -0.25) is 4.79 Å². The second kappa shape index (κ2) is 5.06. The van der Waals surface area contributed by atoms with Gasteiger partial charge in [0, 0.05) is 6.42 Å². The van der Waals surface area contributed by atoms with E-state index in [0.717, 1.165) is 7.11 Å². The molecule has 0 bridgehead atoms. The Balaban J connectivity index is 3.63. The zero-order valence-corrected chi connectivity index (χ0v) is 7.10. The van der Waals surface area contributed by atoms with Gasteiger partial charge in [-0.25, -0.2) is 0 Å². The van der Waals surface area contributed by atoms with Crippen molar-refractivity contribution in [2.24, 2.45) is 0 Å². The molecule has 0 saturated carbocycles. The molecule has 0 rings (SSSR count). The van der Waals surface area contributed by atoms with E-state index in [0.29, 0.717) is 0 Å². The molecule has 78 valence electrons. The van der Waals surface area contributed by atoms with Gasteiger partial charge in [0.1, 0.15) is 0 Å². The molecule has 0 aromatic carbocycles. The number of ether oxygens (including phenoxy) is 1. The highest BCUT2D eigenvalue weighted by atomic mass is 19.4. The molecule has 0 spiro atoms. The molecule has 0 aliphatic carbocycles. The van der Waals surface area contributed by atoms with Crippen LogP contribution in [-0.4, -0.2) is 30.5 Å². The lowest BCUT2D eigenvalue weighted by Gasteiger charge is -2.10. The second-order valence-corrected chi connectivity index (χ2v) is 2.59. The number of esters is 1. The van der Waals surface area contributed by atoms with Crippen molar-refractivity contribution < 1.29 is 27.8 Å². The molecule has 6 heteroatoms. The number of aliphatic hydroxyl groups excluding tert-OH is 1. The number of hydrogen-bond donors (Lipinski definition) is 1. The van der Waals surface area contributed by atoms with E-state index in [4.69, 9.17) is 5.11 Å². The number of halogens is 3. The summed E-state index contributed by atoms with van der Waals surface area (Å²) in [6, 6.07) is 0. The lowest BCUT2D eigenvalue weighted by Crippen LogP contribution is -2.18. The van der Waals surface area contributed by atoms with Gasteiger partial charge in [-0.1, -0.05) is 0 Å². The highest BCUT2D eigenvalue weighted by Gasteiger charge is 2.28. The van der Waals surface area contributed by atoms with Gasteiger partial charge >= 0.3 is 12.1 Å². The smallest absolute Gasteiger partial charge is 0.389 e. The molecule has 0 saturated heterocycles. The Hall–Kier alpha value is -0.780. The third-order valence-electron chi connectivity index (χ3n) is 1.39. The molecule has 3 nitrogen and oxygen atoms in total. The maximum Gasteiger partial charge on any atom is 0.389 e. The molecule has 1 N–H and O–H groups in total. The van der Waals surface area contributed by atoms with Gasteiger partial charge in [-0.2, -0.15) is 13.2 Å². The van der Waals surface area contributed by atoms with Crippen molar-refractivity contribution in [3.8, 4) is 0 Å². The van der Waals surface area contributed by atoms with Crippen LogP contribution in [0.3, 0.4) is 0 Å². The Morgan fingerprint density at radius 1 is 1.54 bits per heavy atom. The monoisotopic (exact) mass is 200 g/mol. The Morgan fingerprint density at radius 2 is 2.08 bits per heavy atom. The van der Waals surface area contributed by atoms with Gasteiger partial charge in [0.15, 0.2) is 0 Å². The summed E-state index contributed by atoms with van der Waals surface area (Å²) in [6.07, 6.45) is -7.54. The van der Waals surface area contributed by atoms with Crippen molar-refractivity contribution in [3.63, 3.8) is 0 Å². The average Bonchev–Trinajstić information content (AvgIpc) is 1.99. The van der Waals surface area contributed by atoms with Crippen LogP contribution in [0.2, 0.25) is 0 Å². The fraction of sp³-hybridized carbons (Fsp3) is 0.857. The lowest BCUT2D eigenvalue weighted by atomic mass is 10.1. The Morgan fingerprint density at radius 3 is 2.46 bits per heavy atom. The quantitative estimate of drug-likeness (QED) is 0.695. The molecule has 1 unspecified atom stereocenters. The number of alkyl halides is 3. The largest absolute Gasteiger partial charge is 0.469 e. The van der Waals surface area contributed by atoms with Crippen LogP contribution in [0, 0.1) is 0 Å². The van der Waals surface area contributed by atoms with Gasteiger partial charge < -0.3 is 9.84 Å². The van der Waals surface area contributed by atoms with Crippen LogP contribution in [0.25, 0.3) is 0 Å². The Kier molecular flexibility index (Phi) is 4.76. The highest BCUT2D eigenvalue weighted by Crippen LogP contribution is 2.22. The van der Waals surface area contributed by atoms with Crippen LogP contribution < -0.4 is 0 Å². The van der Waals surface area contributed by atoms with E-state index in [2.05, 4.69) is 4.74 Å². The predicted molar refractivity (Wildman–Crippen MR) is 37.9 cm³/mol. The SMILES string of the molecule is COC(=O)CC(O)CCC(F)(F)F. The number of hydrogen-bond acceptors (Lipinski definition) is 3. The van der Waals surface area contributed by atoms with E-state index in [-0.39, 0.29) is 0 Å². The Labute approximate surface area is 73.5 Å². The van der Waals surface area contributed by atoms with E-state index >= 15 is 0 Å². The van der Waals surface area contributed by atoms with Crippen LogP contribution in [0.15, 0.2) is 0 Å². The van der Waals surface area contributed by atoms with Crippen LogP contribution in [0.1, 0.15) is 19.3 Å². The summed E-state index contributed by atoms with van der Waals surface area (Å²) < 4.78 is 39.0. The van der Waals surface area contributed by atoms with Gasteiger partial charge in [-0.05, 0) is 6.42 Å². The second-order valence-electron chi connectivity index (χ2n) is 2.59. The summed E-state index contributed by atoms with van der Waals surface area (Å²) in [7, 11) is 1.11.